The van der Waals surface area contributed by atoms with Crippen molar-refractivity contribution in [3.63, 3.8) is 0 Å². The summed E-state index contributed by atoms with van der Waals surface area (Å²) in [6, 6.07) is 18.3. The fraction of sp³-hybridized carbons (Fsp3) is 0.130. The summed E-state index contributed by atoms with van der Waals surface area (Å²) >= 11 is 3.34. The van der Waals surface area contributed by atoms with Crippen molar-refractivity contribution in [3.05, 3.63) is 88.4 Å². The van der Waals surface area contributed by atoms with Crippen molar-refractivity contribution in [1.82, 2.24) is 4.90 Å². The van der Waals surface area contributed by atoms with Crippen molar-refractivity contribution in [3.8, 4) is 11.1 Å². The fourth-order valence-electron chi connectivity index (χ4n) is 3.01. The standard InChI is InChI=1S/C23H18BrF3N2O2/c1-29(14-21(30)28-20-9-5-4-8-19(20)24)22(31)18-7-3-2-6-17(18)15-10-12-16(13-11-15)23(25,26)27/h2-13H,14H2,1H3,(H,28,30). The molecule has 0 aliphatic carbocycles. The van der Waals surface area contributed by atoms with Crippen LogP contribution >= 0.6 is 15.9 Å². The van der Waals surface area contributed by atoms with Gasteiger partial charge in [0.15, 0.2) is 0 Å². The monoisotopic (exact) mass is 490 g/mol. The smallest absolute Gasteiger partial charge is 0.332 e. The molecule has 0 atom stereocenters. The topological polar surface area (TPSA) is 49.4 Å². The molecule has 3 aromatic carbocycles. The average Bonchev–Trinajstić information content (AvgIpc) is 2.74. The molecule has 0 saturated heterocycles. The highest BCUT2D eigenvalue weighted by Gasteiger charge is 2.30. The number of benzene rings is 3. The third-order valence-electron chi connectivity index (χ3n) is 4.56. The first kappa shape index (κ1) is 22.6. The van der Waals surface area contributed by atoms with E-state index >= 15 is 0 Å². The Morgan fingerprint density at radius 1 is 0.935 bits per heavy atom. The fourth-order valence-corrected chi connectivity index (χ4v) is 3.39. The maximum absolute atomic E-state index is 13.0. The molecule has 0 aliphatic heterocycles. The molecule has 4 nitrogen and oxygen atoms in total. The van der Waals surface area contributed by atoms with Gasteiger partial charge in [-0.25, -0.2) is 0 Å². The van der Waals surface area contributed by atoms with Crippen LogP contribution in [0.2, 0.25) is 0 Å². The highest BCUT2D eigenvalue weighted by Crippen LogP contribution is 2.32. The number of likely N-dealkylation sites (N-methyl/N-ethyl adjacent to an activating group) is 1. The summed E-state index contributed by atoms with van der Waals surface area (Å²) in [6.07, 6.45) is -4.44. The summed E-state index contributed by atoms with van der Waals surface area (Å²) in [6.45, 7) is -0.193. The van der Waals surface area contributed by atoms with Gasteiger partial charge in [-0.1, -0.05) is 42.5 Å². The second kappa shape index (κ2) is 9.34. The number of anilines is 1. The van der Waals surface area contributed by atoms with Crippen LogP contribution in [-0.2, 0) is 11.0 Å². The van der Waals surface area contributed by atoms with Crippen LogP contribution < -0.4 is 5.32 Å². The number of amides is 2. The number of nitrogens with zero attached hydrogens (tertiary/aromatic N) is 1. The molecule has 8 heteroatoms. The Kier molecular flexibility index (Phi) is 6.80. The molecule has 0 fully saturated rings. The van der Waals surface area contributed by atoms with Gasteiger partial charge in [0.1, 0.15) is 0 Å². The molecule has 2 amide bonds. The summed E-state index contributed by atoms with van der Waals surface area (Å²) in [5.41, 5.74) is 1.07. The minimum atomic E-state index is -4.44. The Morgan fingerprint density at radius 3 is 2.19 bits per heavy atom. The highest BCUT2D eigenvalue weighted by atomic mass is 79.9. The van der Waals surface area contributed by atoms with E-state index in [0.717, 1.165) is 12.1 Å². The minimum absolute atomic E-state index is 0.193. The third-order valence-corrected chi connectivity index (χ3v) is 5.25. The Balaban J connectivity index is 1.77. The molecule has 0 aliphatic rings. The van der Waals surface area contributed by atoms with Gasteiger partial charge < -0.3 is 10.2 Å². The summed E-state index contributed by atoms with van der Waals surface area (Å²) in [5, 5.41) is 2.73. The van der Waals surface area contributed by atoms with Crippen LogP contribution in [0.5, 0.6) is 0 Å². The van der Waals surface area contributed by atoms with Crippen LogP contribution in [0.3, 0.4) is 0 Å². The Labute approximate surface area is 185 Å². The molecule has 0 bridgehead atoms. The predicted octanol–water partition coefficient (Wildman–Crippen LogP) is 5.85. The zero-order valence-electron chi connectivity index (χ0n) is 16.4. The largest absolute Gasteiger partial charge is 0.416 e. The highest BCUT2D eigenvalue weighted by molar-refractivity contribution is 9.10. The van der Waals surface area contributed by atoms with Crippen molar-refractivity contribution in [1.29, 1.82) is 0 Å². The van der Waals surface area contributed by atoms with Crippen LogP contribution in [0.15, 0.2) is 77.3 Å². The lowest BCUT2D eigenvalue weighted by atomic mass is 9.98. The first-order valence-corrected chi connectivity index (χ1v) is 10.0. The van der Waals surface area contributed by atoms with Gasteiger partial charge in [-0.05, 0) is 57.4 Å². The number of alkyl halides is 3. The van der Waals surface area contributed by atoms with E-state index in [-0.39, 0.29) is 12.5 Å². The van der Waals surface area contributed by atoms with Gasteiger partial charge in [0.2, 0.25) is 5.91 Å². The lowest BCUT2D eigenvalue weighted by molar-refractivity contribution is -0.137. The van der Waals surface area contributed by atoms with Crippen LogP contribution in [0.1, 0.15) is 15.9 Å². The van der Waals surface area contributed by atoms with Gasteiger partial charge in [-0.3, -0.25) is 9.59 Å². The predicted molar refractivity (Wildman–Crippen MR) is 117 cm³/mol. The van der Waals surface area contributed by atoms with E-state index in [1.807, 2.05) is 6.07 Å². The number of carbonyl (C=O) groups excluding carboxylic acids is 2. The second-order valence-electron chi connectivity index (χ2n) is 6.81. The molecular weight excluding hydrogens is 473 g/mol. The first-order chi connectivity index (χ1) is 14.7. The van der Waals surface area contributed by atoms with E-state index in [4.69, 9.17) is 0 Å². The lowest BCUT2D eigenvalue weighted by Gasteiger charge is -2.19. The number of rotatable bonds is 5. The number of hydrogen-bond donors (Lipinski definition) is 1. The number of para-hydroxylation sites is 1. The lowest BCUT2D eigenvalue weighted by Crippen LogP contribution is -2.35. The normalized spacial score (nSPS) is 11.1. The van der Waals surface area contributed by atoms with E-state index in [1.54, 1.807) is 42.5 Å². The quantitative estimate of drug-likeness (QED) is 0.487. The number of carbonyl (C=O) groups is 2. The molecule has 0 spiro atoms. The summed E-state index contributed by atoms with van der Waals surface area (Å²) < 4.78 is 39.2. The Bertz CT molecular complexity index is 1100. The zero-order valence-corrected chi connectivity index (χ0v) is 18.0. The third kappa shape index (κ3) is 5.52. The molecule has 0 radical (unpaired) electrons. The zero-order chi connectivity index (χ0) is 22.6. The van der Waals surface area contributed by atoms with E-state index in [2.05, 4.69) is 21.2 Å². The summed E-state index contributed by atoms with van der Waals surface area (Å²) in [7, 11) is 1.49. The summed E-state index contributed by atoms with van der Waals surface area (Å²) in [5.74, 6) is -0.799. The molecule has 3 aromatic rings. The molecule has 31 heavy (non-hydrogen) atoms. The van der Waals surface area contributed by atoms with Crippen molar-refractivity contribution < 1.29 is 22.8 Å². The van der Waals surface area contributed by atoms with Crippen LogP contribution in [-0.4, -0.2) is 30.3 Å². The van der Waals surface area contributed by atoms with Crippen LogP contribution in [0, 0.1) is 0 Å². The van der Waals surface area contributed by atoms with Gasteiger partial charge in [0.05, 0.1) is 17.8 Å². The van der Waals surface area contributed by atoms with Crippen molar-refractivity contribution in [2.75, 3.05) is 18.9 Å². The number of halogens is 4. The molecule has 160 valence electrons. The van der Waals surface area contributed by atoms with Crippen molar-refractivity contribution >= 4 is 33.4 Å². The maximum Gasteiger partial charge on any atom is 0.416 e. The minimum Gasteiger partial charge on any atom is -0.332 e. The van der Waals surface area contributed by atoms with Gasteiger partial charge in [-0.15, -0.1) is 0 Å². The number of nitrogens with one attached hydrogen (secondary N) is 1. The van der Waals surface area contributed by atoms with Crippen molar-refractivity contribution in [2.45, 2.75) is 6.18 Å². The van der Waals surface area contributed by atoms with Gasteiger partial charge >= 0.3 is 6.18 Å². The van der Waals surface area contributed by atoms with E-state index in [0.29, 0.717) is 26.9 Å². The molecule has 0 aromatic heterocycles. The summed E-state index contributed by atoms with van der Waals surface area (Å²) in [4.78, 5) is 26.6. The first-order valence-electron chi connectivity index (χ1n) is 9.23. The molecular formula is C23H18BrF3N2O2. The average molecular weight is 491 g/mol. The van der Waals surface area contributed by atoms with E-state index < -0.39 is 17.6 Å². The molecule has 1 N–H and O–H groups in total. The van der Waals surface area contributed by atoms with Crippen LogP contribution in [0.25, 0.3) is 11.1 Å². The Hall–Kier alpha value is -3.13. The number of hydrogen-bond acceptors (Lipinski definition) is 2. The molecule has 0 unspecified atom stereocenters. The molecule has 3 rings (SSSR count). The Morgan fingerprint density at radius 2 is 1.55 bits per heavy atom. The van der Waals surface area contributed by atoms with E-state index in [1.165, 1.54) is 24.1 Å². The maximum atomic E-state index is 13.0. The SMILES string of the molecule is CN(CC(=O)Nc1ccccc1Br)C(=O)c1ccccc1-c1ccc(C(F)(F)F)cc1. The van der Waals surface area contributed by atoms with Gasteiger partial charge in [-0.2, -0.15) is 13.2 Å². The molecule has 0 heterocycles. The van der Waals surface area contributed by atoms with Crippen molar-refractivity contribution in [2.24, 2.45) is 0 Å². The van der Waals surface area contributed by atoms with Crippen LogP contribution in [0.4, 0.5) is 18.9 Å². The van der Waals surface area contributed by atoms with E-state index in [9.17, 15) is 22.8 Å². The molecule has 0 saturated carbocycles. The van der Waals surface area contributed by atoms with Gasteiger partial charge in [0.25, 0.3) is 5.91 Å². The second-order valence-corrected chi connectivity index (χ2v) is 7.66. The van der Waals surface area contributed by atoms with Gasteiger partial charge in [0, 0.05) is 17.1 Å².